The van der Waals surface area contributed by atoms with Crippen LogP contribution in [0.1, 0.15) is 71.6 Å². The number of aromatic carboxylic acids is 1. The van der Waals surface area contributed by atoms with Crippen LogP contribution in [-0.4, -0.2) is 42.5 Å². The lowest BCUT2D eigenvalue weighted by atomic mass is 9.98. The molecule has 1 aliphatic rings. The van der Waals surface area contributed by atoms with Crippen molar-refractivity contribution in [2.45, 2.75) is 38.9 Å². The molecule has 3 aromatic carbocycles. The van der Waals surface area contributed by atoms with E-state index in [-0.39, 0.29) is 47.2 Å². The number of fused-ring (bicyclic) bond motifs is 2. The second-order valence-electron chi connectivity index (χ2n) is 10.7. The molecule has 0 saturated heterocycles. The number of hydrogen-bond donors (Lipinski definition) is 6. The van der Waals surface area contributed by atoms with E-state index in [4.69, 9.17) is 5.73 Å². The van der Waals surface area contributed by atoms with Crippen molar-refractivity contribution in [1.82, 2.24) is 30.2 Å². The van der Waals surface area contributed by atoms with Crippen molar-refractivity contribution in [3.05, 3.63) is 118 Å². The monoisotopic (exact) mass is 610 g/mol. The Labute approximate surface area is 252 Å². The first-order valence-electron chi connectivity index (χ1n) is 13.9. The van der Waals surface area contributed by atoms with Crippen LogP contribution < -0.4 is 38.2 Å². The van der Waals surface area contributed by atoms with Gasteiger partial charge in [0.2, 0.25) is 0 Å². The number of aromatic nitrogens is 4. The Bertz CT molecular complexity index is 2170. The second-order valence-corrected chi connectivity index (χ2v) is 10.7. The molecule has 1 aliphatic carbocycles. The number of hydrogen-bond acceptors (Lipinski definition) is 10. The number of nitrogens with two attached hydrogens (primary N) is 1. The summed E-state index contributed by atoms with van der Waals surface area (Å²) in [6, 6.07) is 11.1. The van der Waals surface area contributed by atoms with Gasteiger partial charge in [-0.2, -0.15) is 0 Å². The van der Waals surface area contributed by atoms with Gasteiger partial charge >= 0.3 is 11.7 Å². The average Bonchev–Trinajstić information content (AvgIpc) is 3.62. The highest BCUT2D eigenvalue weighted by Gasteiger charge is 2.29. The van der Waals surface area contributed by atoms with Gasteiger partial charge in [-0.25, -0.2) is 24.1 Å². The van der Waals surface area contributed by atoms with Crippen LogP contribution in [0.3, 0.4) is 0 Å². The molecule has 0 aliphatic heterocycles. The van der Waals surface area contributed by atoms with Crippen molar-refractivity contribution >= 4 is 34.9 Å². The highest BCUT2D eigenvalue weighted by Crippen LogP contribution is 2.35. The van der Waals surface area contributed by atoms with Gasteiger partial charge in [0.05, 0.1) is 11.6 Å². The molecule has 1 atom stereocenters. The van der Waals surface area contributed by atoms with Crippen molar-refractivity contribution in [2.24, 2.45) is 0 Å². The molecule has 2 aromatic heterocycles. The minimum atomic E-state index is -1.03. The highest BCUT2D eigenvalue weighted by atomic mass is 16.4. The van der Waals surface area contributed by atoms with Gasteiger partial charge in [0.1, 0.15) is 22.8 Å². The number of aromatic amines is 1. The SMILES string of the molecule is Cc1c(C(=O)O)ccc2c1CC[C@@H]2NC(=O)c1cc(C(=O)NCc2cccc(CNc3c(N)c(=O)c3=O)c2)nc2n[nH]c(=O)n12. The van der Waals surface area contributed by atoms with Crippen molar-refractivity contribution in [3.8, 4) is 0 Å². The third kappa shape index (κ3) is 5.20. The Morgan fingerprint density at radius 1 is 1.04 bits per heavy atom. The molecule has 2 heterocycles. The van der Waals surface area contributed by atoms with E-state index in [9.17, 15) is 33.9 Å². The van der Waals surface area contributed by atoms with Crippen LogP contribution in [0.5, 0.6) is 0 Å². The molecule has 15 nitrogen and oxygen atoms in total. The Morgan fingerprint density at radius 2 is 1.80 bits per heavy atom. The maximum atomic E-state index is 13.5. The summed E-state index contributed by atoms with van der Waals surface area (Å²) in [6.45, 7) is 2.05. The average molecular weight is 611 g/mol. The van der Waals surface area contributed by atoms with Crippen LogP contribution in [0.2, 0.25) is 0 Å². The summed E-state index contributed by atoms with van der Waals surface area (Å²) in [5.41, 5.74) is 7.13. The van der Waals surface area contributed by atoms with E-state index < -0.39 is 40.4 Å². The summed E-state index contributed by atoms with van der Waals surface area (Å²) in [7, 11) is 0. The molecular weight excluding hydrogens is 584 g/mol. The molecule has 0 unspecified atom stereocenters. The molecule has 15 heteroatoms. The van der Waals surface area contributed by atoms with E-state index in [1.807, 2.05) is 0 Å². The summed E-state index contributed by atoms with van der Waals surface area (Å²) >= 11 is 0. The number of carbonyl (C=O) groups is 3. The molecule has 0 spiro atoms. The van der Waals surface area contributed by atoms with Gasteiger partial charge in [0.25, 0.3) is 28.4 Å². The Hall–Kier alpha value is -6.12. The van der Waals surface area contributed by atoms with E-state index in [0.717, 1.165) is 26.7 Å². The van der Waals surface area contributed by atoms with Crippen molar-refractivity contribution in [3.63, 3.8) is 0 Å². The fraction of sp³-hybridized carbons (Fsp3) is 0.200. The fourth-order valence-electron chi connectivity index (χ4n) is 5.59. The zero-order chi connectivity index (χ0) is 32.0. The lowest BCUT2D eigenvalue weighted by Gasteiger charge is -2.16. The third-order valence-electron chi connectivity index (χ3n) is 7.94. The largest absolute Gasteiger partial charge is 0.478 e. The lowest BCUT2D eigenvalue weighted by molar-refractivity contribution is 0.0695. The maximum absolute atomic E-state index is 13.5. The predicted molar refractivity (Wildman–Crippen MR) is 161 cm³/mol. The maximum Gasteiger partial charge on any atom is 0.349 e. The smallest absolute Gasteiger partial charge is 0.349 e. The van der Waals surface area contributed by atoms with Crippen LogP contribution in [0.4, 0.5) is 11.4 Å². The lowest BCUT2D eigenvalue weighted by Crippen LogP contribution is -2.36. The molecule has 5 aromatic rings. The standard InChI is InChI=1S/C30H26N8O7/c1-13-16-7-8-19(18(16)6-5-17(13)28(43)44)34-27(42)21-10-20(35-29-36-37-30(45)38(21)29)26(41)33-12-15-4-2-3-14(9-15)11-32-23-22(31)24(39)25(23)40/h2-6,9-10,19,32H,7-8,11-12,31H2,1H3,(H,33,41)(H,34,42)(H,37,45)(H,43,44)/t19-/m0/s1. The number of carboxylic acids is 1. The number of amides is 2. The van der Waals surface area contributed by atoms with Gasteiger partial charge in [0, 0.05) is 13.1 Å². The van der Waals surface area contributed by atoms with Gasteiger partial charge in [-0.15, -0.1) is 5.10 Å². The van der Waals surface area contributed by atoms with Gasteiger partial charge in [-0.1, -0.05) is 30.3 Å². The second kappa shape index (κ2) is 11.2. The summed E-state index contributed by atoms with van der Waals surface area (Å²) in [5, 5.41) is 24.0. The van der Waals surface area contributed by atoms with Gasteiger partial charge in [-0.3, -0.25) is 19.2 Å². The fourth-order valence-corrected chi connectivity index (χ4v) is 5.59. The number of nitrogens with zero attached hydrogens (tertiary/aromatic N) is 3. The van der Waals surface area contributed by atoms with Gasteiger partial charge in [0.15, 0.2) is 0 Å². The molecule has 6 rings (SSSR count). The predicted octanol–water partition coefficient (Wildman–Crippen LogP) is 0.562. The van der Waals surface area contributed by atoms with Crippen molar-refractivity contribution < 1.29 is 19.5 Å². The number of nitrogens with one attached hydrogen (secondary N) is 4. The topological polar surface area (TPSA) is 231 Å². The number of rotatable bonds is 9. The molecule has 0 saturated carbocycles. The number of carbonyl (C=O) groups excluding carboxylic acids is 2. The first-order chi connectivity index (χ1) is 21.5. The zero-order valence-electron chi connectivity index (χ0n) is 23.8. The summed E-state index contributed by atoms with van der Waals surface area (Å²) in [5.74, 6) is -2.46. The quantitative estimate of drug-likeness (QED) is 0.126. The molecule has 0 fully saturated rings. The summed E-state index contributed by atoms with van der Waals surface area (Å²) in [6.07, 6.45) is 1.10. The molecule has 2 amide bonds. The molecule has 0 radical (unpaired) electrons. The molecular formula is C30H26N8O7. The van der Waals surface area contributed by atoms with Crippen LogP contribution in [-0.2, 0) is 19.5 Å². The molecule has 228 valence electrons. The van der Waals surface area contributed by atoms with Gasteiger partial charge in [-0.05, 0) is 59.7 Å². The Morgan fingerprint density at radius 3 is 2.53 bits per heavy atom. The van der Waals surface area contributed by atoms with Crippen molar-refractivity contribution in [2.75, 3.05) is 11.1 Å². The molecule has 7 N–H and O–H groups in total. The minimum absolute atomic E-state index is 0.0806. The van der Waals surface area contributed by atoms with E-state index in [1.54, 1.807) is 37.3 Å². The van der Waals surface area contributed by atoms with Crippen LogP contribution >= 0.6 is 0 Å². The van der Waals surface area contributed by atoms with E-state index in [1.165, 1.54) is 12.1 Å². The number of anilines is 2. The third-order valence-corrected chi connectivity index (χ3v) is 7.94. The highest BCUT2D eigenvalue weighted by molar-refractivity contribution is 5.98. The number of benzene rings is 2. The van der Waals surface area contributed by atoms with Crippen LogP contribution in [0, 0.1) is 6.92 Å². The minimum Gasteiger partial charge on any atom is -0.478 e. The first-order valence-corrected chi connectivity index (χ1v) is 13.9. The normalized spacial score (nSPS) is 13.9. The summed E-state index contributed by atoms with van der Waals surface area (Å²) < 4.78 is 0.972. The van der Waals surface area contributed by atoms with Gasteiger partial charge < -0.3 is 26.8 Å². The molecule has 45 heavy (non-hydrogen) atoms. The Balaban J connectivity index is 1.18. The first kappa shape index (κ1) is 29.0. The zero-order valence-corrected chi connectivity index (χ0v) is 23.8. The number of H-pyrrole nitrogens is 1. The van der Waals surface area contributed by atoms with E-state index in [2.05, 4.69) is 31.1 Å². The van der Waals surface area contributed by atoms with Crippen LogP contribution in [0.25, 0.3) is 5.78 Å². The van der Waals surface area contributed by atoms with Crippen molar-refractivity contribution in [1.29, 1.82) is 0 Å². The van der Waals surface area contributed by atoms with Crippen LogP contribution in [0.15, 0.2) is 56.8 Å². The molecule has 0 bridgehead atoms. The Kier molecular flexibility index (Phi) is 7.20. The summed E-state index contributed by atoms with van der Waals surface area (Å²) in [4.78, 5) is 77.8. The van der Waals surface area contributed by atoms with E-state index >= 15 is 0 Å². The number of nitrogen functional groups attached to an aromatic ring is 1. The number of carboxylic acid groups (broad SMARTS) is 1. The van der Waals surface area contributed by atoms with E-state index in [0.29, 0.717) is 18.4 Å².